The molecule has 6 heteroatoms. The Balaban J connectivity index is 0.00000242. The average molecular weight is 377 g/mol. The van der Waals surface area contributed by atoms with Gasteiger partial charge in [0, 0.05) is 51.9 Å². The van der Waals surface area contributed by atoms with E-state index in [1.165, 1.54) is 13.1 Å². The molecule has 2 aromatic rings. The van der Waals surface area contributed by atoms with E-state index in [1.54, 1.807) is 6.92 Å². The summed E-state index contributed by atoms with van der Waals surface area (Å²) in [7, 11) is 1.43. The molecule has 22 heavy (non-hydrogen) atoms. The third kappa shape index (κ3) is 3.63. The Morgan fingerprint density at radius 3 is 2.50 bits per heavy atom. The molecule has 0 spiro atoms. The van der Waals surface area contributed by atoms with Crippen LogP contribution in [0.1, 0.15) is 5.56 Å². The van der Waals surface area contributed by atoms with Crippen molar-refractivity contribution in [2.45, 2.75) is 6.92 Å². The van der Waals surface area contributed by atoms with Gasteiger partial charge in [-0.15, -0.1) is 6.42 Å². The number of pyridine rings is 1. The summed E-state index contributed by atoms with van der Waals surface area (Å²) in [6.45, 7) is 1.51. The van der Waals surface area contributed by atoms with Crippen molar-refractivity contribution < 1.29 is 46.2 Å². The number of aromatic nitrogens is 1. The van der Waals surface area contributed by atoms with Crippen LogP contribution in [0.3, 0.4) is 0 Å². The van der Waals surface area contributed by atoms with Gasteiger partial charge in [-0.3, -0.25) is 4.79 Å². The SMILES string of the molecule is C#CCOc1cc(F)c(-c2[c-]cc(C)c(=O)n2C)c(F)c1.[Y]. The fourth-order valence-corrected chi connectivity index (χ4v) is 1.93. The number of rotatable bonds is 3. The van der Waals surface area contributed by atoms with Crippen LogP contribution in [-0.2, 0) is 39.8 Å². The van der Waals surface area contributed by atoms with Crippen molar-refractivity contribution in [2.24, 2.45) is 7.05 Å². The molecule has 1 radical (unpaired) electrons. The van der Waals surface area contributed by atoms with Gasteiger partial charge < -0.3 is 9.30 Å². The van der Waals surface area contributed by atoms with Crippen molar-refractivity contribution in [1.82, 2.24) is 4.57 Å². The Hall–Kier alpha value is -1.51. The zero-order valence-electron chi connectivity index (χ0n) is 12.1. The van der Waals surface area contributed by atoms with Crippen LogP contribution in [0, 0.1) is 37.0 Å². The number of hydrogen-bond acceptors (Lipinski definition) is 2. The van der Waals surface area contributed by atoms with E-state index in [1.807, 2.05) is 0 Å². The van der Waals surface area contributed by atoms with Gasteiger partial charge in [0.2, 0.25) is 0 Å². The first-order valence-electron chi connectivity index (χ1n) is 6.09. The number of hydrogen-bond donors (Lipinski definition) is 0. The zero-order chi connectivity index (χ0) is 15.6. The maximum Gasteiger partial charge on any atom is 0.197 e. The third-order valence-corrected chi connectivity index (χ3v) is 2.98. The first-order valence-corrected chi connectivity index (χ1v) is 6.09. The van der Waals surface area contributed by atoms with E-state index in [0.29, 0.717) is 5.56 Å². The van der Waals surface area contributed by atoms with Crippen LogP contribution in [-0.4, -0.2) is 11.2 Å². The van der Waals surface area contributed by atoms with Gasteiger partial charge in [0.15, 0.2) is 5.56 Å². The number of halogens is 2. The second-order valence-electron chi connectivity index (χ2n) is 4.44. The molecule has 0 unspecified atom stereocenters. The Morgan fingerprint density at radius 1 is 1.36 bits per heavy atom. The molecule has 3 nitrogen and oxygen atoms in total. The van der Waals surface area contributed by atoms with Gasteiger partial charge in [0.25, 0.3) is 0 Å². The summed E-state index contributed by atoms with van der Waals surface area (Å²) in [5.74, 6) is 0.495. The molecule has 1 aromatic carbocycles. The first kappa shape index (κ1) is 18.5. The van der Waals surface area contributed by atoms with E-state index in [2.05, 4.69) is 12.0 Å². The molecule has 0 fully saturated rings. The largest absolute Gasteiger partial charge is 0.481 e. The summed E-state index contributed by atoms with van der Waals surface area (Å²) in [5, 5.41) is 0. The van der Waals surface area contributed by atoms with E-state index in [-0.39, 0.29) is 61.9 Å². The van der Waals surface area contributed by atoms with Gasteiger partial charge in [-0.25, -0.2) is 8.78 Å². The third-order valence-electron chi connectivity index (χ3n) is 2.98. The molecule has 1 aromatic heterocycles. The second-order valence-corrected chi connectivity index (χ2v) is 4.44. The predicted octanol–water partition coefficient (Wildman–Crippen LogP) is 2.45. The number of nitrogens with zero attached hydrogens (tertiary/aromatic N) is 1. The minimum absolute atomic E-state index is 0. The predicted molar refractivity (Wildman–Crippen MR) is 74.9 cm³/mol. The average Bonchev–Trinajstić information content (AvgIpc) is 2.44. The van der Waals surface area contributed by atoms with Crippen LogP contribution in [0.4, 0.5) is 8.78 Å². The van der Waals surface area contributed by atoms with E-state index in [0.717, 1.165) is 16.7 Å². The van der Waals surface area contributed by atoms with E-state index in [9.17, 15) is 13.6 Å². The molecule has 0 aliphatic heterocycles. The normalized spacial score (nSPS) is 9.77. The van der Waals surface area contributed by atoms with Crippen LogP contribution in [0.2, 0.25) is 0 Å². The number of aryl methyl sites for hydroxylation is 1. The molecule has 0 amide bonds. The molecule has 0 N–H and O–H groups in total. The Morgan fingerprint density at radius 2 is 1.95 bits per heavy atom. The molecule has 0 aliphatic carbocycles. The Bertz CT molecular complexity index is 771. The topological polar surface area (TPSA) is 31.2 Å². The van der Waals surface area contributed by atoms with Crippen molar-refractivity contribution in [3.8, 4) is 29.4 Å². The second kappa shape index (κ2) is 7.66. The summed E-state index contributed by atoms with van der Waals surface area (Å²) in [4.78, 5) is 11.8. The molecular weight excluding hydrogens is 365 g/mol. The van der Waals surface area contributed by atoms with Crippen molar-refractivity contribution in [3.05, 3.63) is 51.8 Å². The van der Waals surface area contributed by atoms with Gasteiger partial charge >= 0.3 is 0 Å². The van der Waals surface area contributed by atoms with Gasteiger partial charge in [0.05, 0.1) is 11.6 Å². The quantitative estimate of drug-likeness (QED) is 0.608. The van der Waals surface area contributed by atoms with Gasteiger partial charge in [-0.2, -0.15) is 12.1 Å². The molecule has 1 heterocycles. The maximum atomic E-state index is 14.1. The van der Waals surface area contributed by atoms with Crippen molar-refractivity contribution in [2.75, 3.05) is 6.61 Å². The zero-order valence-corrected chi connectivity index (χ0v) is 15.0. The van der Waals surface area contributed by atoms with E-state index < -0.39 is 11.6 Å². The molecule has 0 aliphatic rings. The van der Waals surface area contributed by atoms with Gasteiger partial charge in [-0.1, -0.05) is 24.1 Å². The number of terminal acetylenes is 1. The molecule has 0 atom stereocenters. The van der Waals surface area contributed by atoms with Crippen LogP contribution in [0.5, 0.6) is 5.75 Å². The van der Waals surface area contributed by atoms with Gasteiger partial charge in [0.1, 0.15) is 12.4 Å². The van der Waals surface area contributed by atoms with Crippen molar-refractivity contribution >= 4 is 0 Å². The Kier molecular flexibility index (Phi) is 6.46. The molecule has 2 rings (SSSR count). The van der Waals surface area contributed by atoms with Crippen LogP contribution < -0.4 is 10.3 Å². The van der Waals surface area contributed by atoms with Gasteiger partial charge in [-0.05, 0) is 5.56 Å². The molecule has 0 bridgehead atoms. The summed E-state index contributed by atoms with van der Waals surface area (Å²) in [5.41, 5.74) is -0.196. The van der Waals surface area contributed by atoms with Crippen molar-refractivity contribution in [1.29, 1.82) is 0 Å². The van der Waals surface area contributed by atoms with E-state index in [4.69, 9.17) is 11.2 Å². The minimum atomic E-state index is -0.850. The summed E-state index contributed by atoms with van der Waals surface area (Å²) >= 11 is 0. The molecular formula is C16H12F2NO2Y-. The molecule has 0 saturated heterocycles. The number of ether oxygens (including phenoxy) is 1. The molecule has 0 saturated carbocycles. The fraction of sp³-hybridized carbons (Fsp3) is 0.188. The summed E-state index contributed by atoms with van der Waals surface area (Å²) < 4.78 is 34.4. The monoisotopic (exact) mass is 377 g/mol. The van der Waals surface area contributed by atoms with Crippen LogP contribution in [0.25, 0.3) is 11.3 Å². The van der Waals surface area contributed by atoms with Crippen LogP contribution >= 0.6 is 0 Å². The van der Waals surface area contributed by atoms with E-state index >= 15 is 0 Å². The standard InChI is InChI=1S/C16H12F2NO2.Y/c1-4-7-21-11-8-12(17)15(13(18)9-11)14-6-5-10(2)16(20)19(14)3;/h1,5,8-9H,7H2,2-3H3;/q-1;. The Labute approximate surface area is 152 Å². The summed E-state index contributed by atoms with van der Waals surface area (Å²) in [6, 6.07) is 6.16. The van der Waals surface area contributed by atoms with Crippen LogP contribution in [0.15, 0.2) is 23.0 Å². The fourth-order valence-electron chi connectivity index (χ4n) is 1.93. The van der Waals surface area contributed by atoms with Crippen molar-refractivity contribution in [3.63, 3.8) is 0 Å². The molecule has 111 valence electrons. The maximum absolute atomic E-state index is 14.1. The smallest absolute Gasteiger partial charge is 0.197 e. The summed E-state index contributed by atoms with van der Waals surface area (Å²) in [6.07, 6.45) is 5.02. The first-order chi connectivity index (χ1) is 9.95. The minimum Gasteiger partial charge on any atom is -0.481 e. The number of benzene rings is 1.